The molecule has 2 rings (SSSR count). The van der Waals surface area contributed by atoms with Crippen LogP contribution in [0.5, 0.6) is 0 Å². The molecule has 2 aromatic rings. The lowest BCUT2D eigenvalue weighted by molar-refractivity contribution is -0.388. The molecule has 0 fully saturated rings. The van der Waals surface area contributed by atoms with Gasteiger partial charge in [0.25, 0.3) is 5.91 Å². The molecule has 21 heavy (non-hydrogen) atoms. The largest absolute Gasteiger partial charge is 0.406 e. The minimum absolute atomic E-state index is 0.104. The number of carbonyl (C=O) groups excluding carboxylic acids is 1. The molecular formula is C13H15N5O3. The van der Waals surface area contributed by atoms with Crippen LogP contribution in [0.2, 0.25) is 0 Å². The van der Waals surface area contributed by atoms with Crippen molar-refractivity contribution in [2.45, 2.75) is 0 Å². The first-order chi connectivity index (χ1) is 9.90. The summed E-state index contributed by atoms with van der Waals surface area (Å²) in [6.45, 7) is 0. The van der Waals surface area contributed by atoms with Crippen LogP contribution in [0.3, 0.4) is 0 Å². The molecule has 0 aliphatic rings. The maximum Gasteiger partial charge on any atom is 0.406 e. The Hall–Kier alpha value is -2.90. The quantitative estimate of drug-likeness (QED) is 0.684. The van der Waals surface area contributed by atoms with Crippen LogP contribution in [0.4, 0.5) is 17.3 Å². The van der Waals surface area contributed by atoms with Crippen molar-refractivity contribution in [2.24, 2.45) is 7.05 Å². The maximum absolute atomic E-state index is 11.8. The molecule has 8 nitrogen and oxygen atoms in total. The van der Waals surface area contributed by atoms with E-state index >= 15 is 0 Å². The number of anilines is 2. The van der Waals surface area contributed by atoms with Gasteiger partial charge in [0.05, 0.1) is 0 Å². The van der Waals surface area contributed by atoms with E-state index in [2.05, 4.69) is 10.3 Å². The predicted octanol–water partition coefficient (Wildman–Crippen LogP) is 1.77. The fourth-order valence-electron chi connectivity index (χ4n) is 1.79. The molecule has 1 amide bonds. The lowest BCUT2D eigenvalue weighted by Gasteiger charge is -2.11. The summed E-state index contributed by atoms with van der Waals surface area (Å²) >= 11 is 0. The first kappa shape index (κ1) is 14.5. The van der Waals surface area contributed by atoms with E-state index in [1.165, 1.54) is 15.8 Å². The van der Waals surface area contributed by atoms with Gasteiger partial charge in [-0.05, 0) is 34.2 Å². The van der Waals surface area contributed by atoms with Crippen molar-refractivity contribution in [1.29, 1.82) is 0 Å². The highest BCUT2D eigenvalue weighted by atomic mass is 16.6. The number of carbonyl (C=O) groups is 1. The highest BCUT2D eigenvalue weighted by molar-refractivity contribution is 5.94. The van der Waals surface area contributed by atoms with E-state index in [4.69, 9.17) is 0 Å². The van der Waals surface area contributed by atoms with Crippen LogP contribution in [0.25, 0.3) is 0 Å². The lowest BCUT2D eigenvalue weighted by atomic mass is 10.2. The van der Waals surface area contributed by atoms with E-state index in [1.807, 2.05) is 0 Å². The van der Waals surface area contributed by atoms with Crippen LogP contribution in [-0.4, -0.2) is 39.4 Å². The third kappa shape index (κ3) is 2.99. The van der Waals surface area contributed by atoms with Gasteiger partial charge in [0.1, 0.15) is 0 Å². The van der Waals surface area contributed by atoms with Crippen molar-refractivity contribution in [3.05, 3.63) is 46.3 Å². The third-order valence-corrected chi connectivity index (χ3v) is 2.89. The molecule has 0 atom stereocenters. The molecule has 0 spiro atoms. The molecule has 110 valence electrons. The number of imidazole rings is 1. The van der Waals surface area contributed by atoms with E-state index in [1.54, 1.807) is 45.4 Å². The molecule has 1 aromatic carbocycles. The number of aromatic nitrogens is 2. The average molecular weight is 289 g/mol. The van der Waals surface area contributed by atoms with Crippen molar-refractivity contribution in [3.8, 4) is 0 Å². The number of hydrogen-bond acceptors (Lipinski definition) is 5. The van der Waals surface area contributed by atoms with Crippen molar-refractivity contribution >= 4 is 23.2 Å². The molecule has 1 aromatic heterocycles. The van der Waals surface area contributed by atoms with Crippen molar-refractivity contribution in [2.75, 3.05) is 19.4 Å². The van der Waals surface area contributed by atoms with Gasteiger partial charge in [-0.15, -0.1) is 0 Å². The van der Waals surface area contributed by atoms with Crippen LogP contribution < -0.4 is 5.32 Å². The molecule has 1 N–H and O–H groups in total. The predicted molar refractivity (Wildman–Crippen MR) is 77.6 cm³/mol. The topological polar surface area (TPSA) is 93.3 Å². The number of rotatable bonds is 4. The second-order valence-corrected chi connectivity index (χ2v) is 4.69. The number of benzene rings is 1. The van der Waals surface area contributed by atoms with Gasteiger partial charge in [-0.2, -0.15) is 0 Å². The van der Waals surface area contributed by atoms with Gasteiger partial charge < -0.3 is 20.3 Å². The van der Waals surface area contributed by atoms with Gasteiger partial charge in [-0.1, -0.05) is 0 Å². The number of nitrogens with one attached hydrogen (secondary N) is 1. The number of hydrogen-bond donors (Lipinski definition) is 1. The van der Waals surface area contributed by atoms with Crippen LogP contribution >= 0.6 is 0 Å². The highest BCUT2D eigenvalue weighted by Crippen LogP contribution is 2.25. The average Bonchev–Trinajstić information content (AvgIpc) is 2.80. The summed E-state index contributed by atoms with van der Waals surface area (Å²) in [5, 5.41) is 13.8. The summed E-state index contributed by atoms with van der Waals surface area (Å²) in [5.74, 6) is -0.0642. The molecular weight excluding hydrogens is 274 g/mol. The highest BCUT2D eigenvalue weighted by Gasteiger charge is 2.20. The lowest BCUT2D eigenvalue weighted by Crippen LogP contribution is -2.21. The minimum atomic E-state index is -0.549. The molecule has 0 unspecified atom stereocenters. The van der Waals surface area contributed by atoms with Gasteiger partial charge in [0.15, 0.2) is 0 Å². The Bertz CT molecular complexity index is 676. The van der Waals surface area contributed by atoms with Gasteiger partial charge in [0.2, 0.25) is 12.1 Å². The monoisotopic (exact) mass is 289 g/mol. The maximum atomic E-state index is 11.8. The second kappa shape index (κ2) is 5.61. The van der Waals surface area contributed by atoms with Gasteiger partial charge in [0, 0.05) is 32.4 Å². The fourth-order valence-corrected chi connectivity index (χ4v) is 1.79. The summed E-state index contributed by atoms with van der Waals surface area (Å²) in [4.78, 5) is 27.3. The first-order valence-electron chi connectivity index (χ1n) is 6.14. The van der Waals surface area contributed by atoms with E-state index in [0.29, 0.717) is 11.3 Å². The Balaban J connectivity index is 2.23. The van der Waals surface area contributed by atoms with Crippen molar-refractivity contribution in [3.63, 3.8) is 0 Å². The van der Waals surface area contributed by atoms with Gasteiger partial charge >= 0.3 is 5.82 Å². The van der Waals surface area contributed by atoms with E-state index in [9.17, 15) is 14.9 Å². The Morgan fingerprint density at radius 3 is 2.48 bits per heavy atom. The minimum Gasteiger partial charge on any atom is -0.358 e. The number of nitrogens with zero attached hydrogens (tertiary/aromatic N) is 4. The molecule has 0 saturated carbocycles. The standard InChI is InChI=1S/C13H15N5O3/c1-16(2)13(19)9-4-6-10(7-5-9)15-12-11(18(20)21)14-8-17(12)3/h4-8,15H,1-3H3. The normalized spacial score (nSPS) is 10.2. The SMILES string of the molecule is CN(C)C(=O)c1ccc(Nc2c([N+](=O)[O-])ncn2C)cc1. The second-order valence-electron chi connectivity index (χ2n) is 4.69. The summed E-state index contributed by atoms with van der Waals surface area (Å²) in [6, 6.07) is 6.70. The summed E-state index contributed by atoms with van der Waals surface area (Å²) in [5.41, 5.74) is 1.18. The fraction of sp³-hybridized carbons (Fsp3) is 0.231. The Morgan fingerprint density at radius 1 is 1.33 bits per heavy atom. The molecule has 0 saturated heterocycles. The zero-order valence-corrected chi connectivity index (χ0v) is 11.9. The Labute approximate surface area is 121 Å². The van der Waals surface area contributed by atoms with E-state index < -0.39 is 4.92 Å². The first-order valence-corrected chi connectivity index (χ1v) is 6.14. The van der Waals surface area contributed by atoms with E-state index in [0.717, 1.165) is 0 Å². The van der Waals surface area contributed by atoms with Crippen molar-refractivity contribution in [1.82, 2.24) is 14.5 Å². The van der Waals surface area contributed by atoms with Crippen LogP contribution in [0.15, 0.2) is 30.6 Å². The molecule has 0 bridgehead atoms. The number of nitro groups is 1. The summed E-state index contributed by atoms with van der Waals surface area (Å²) < 4.78 is 1.52. The molecule has 1 heterocycles. The van der Waals surface area contributed by atoms with Crippen molar-refractivity contribution < 1.29 is 9.72 Å². The smallest absolute Gasteiger partial charge is 0.358 e. The number of aryl methyl sites for hydroxylation is 1. The molecule has 0 aliphatic heterocycles. The summed E-state index contributed by atoms with van der Waals surface area (Å²) in [7, 11) is 5.01. The zero-order chi connectivity index (χ0) is 15.6. The van der Waals surface area contributed by atoms with Gasteiger partial charge in [-0.3, -0.25) is 9.36 Å². The molecule has 0 aliphatic carbocycles. The molecule has 8 heteroatoms. The van der Waals surface area contributed by atoms with E-state index in [-0.39, 0.29) is 17.5 Å². The van der Waals surface area contributed by atoms with Crippen LogP contribution in [0.1, 0.15) is 10.4 Å². The van der Waals surface area contributed by atoms with Gasteiger partial charge in [-0.25, -0.2) is 0 Å². The van der Waals surface area contributed by atoms with Crippen LogP contribution in [-0.2, 0) is 7.05 Å². The zero-order valence-electron chi connectivity index (χ0n) is 11.9. The Kier molecular flexibility index (Phi) is 3.88. The summed E-state index contributed by atoms with van der Waals surface area (Å²) in [6.07, 6.45) is 1.37. The Morgan fingerprint density at radius 2 is 1.95 bits per heavy atom. The van der Waals surface area contributed by atoms with Crippen LogP contribution in [0, 0.1) is 10.1 Å². The third-order valence-electron chi connectivity index (χ3n) is 2.89. The number of amides is 1. The molecule has 0 radical (unpaired) electrons.